The van der Waals surface area contributed by atoms with Gasteiger partial charge in [0.2, 0.25) is 0 Å². The average molecular weight is 342 g/mol. The highest BCUT2D eigenvalue weighted by Crippen LogP contribution is 2.35. The van der Waals surface area contributed by atoms with E-state index in [2.05, 4.69) is 24.0 Å². The zero-order valence-corrected chi connectivity index (χ0v) is 14.9. The monoisotopic (exact) mass is 342 g/mol. The molecule has 1 saturated carbocycles. The summed E-state index contributed by atoms with van der Waals surface area (Å²) >= 11 is 0. The Hall–Kier alpha value is -1.80. The molecule has 1 aliphatic carbocycles. The maximum absolute atomic E-state index is 8.78. The molecular weight excluding hydrogens is 312 g/mol. The smallest absolute Gasteiger partial charge is 0.151 e. The average Bonchev–Trinajstić information content (AvgIpc) is 3.06. The Bertz CT molecular complexity index is 556. The summed E-state index contributed by atoms with van der Waals surface area (Å²) in [4.78, 5) is 0. The van der Waals surface area contributed by atoms with Crippen LogP contribution in [0.1, 0.15) is 44.9 Å². The molecule has 0 aliphatic heterocycles. The highest BCUT2D eigenvalue weighted by Gasteiger charge is 2.23. The normalized spacial score (nSPS) is 20.0. The van der Waals surface area contributed by atoms with Gasteiger partial charge in [-0.25, -0.2) is 0 Å². The molecule has 1 fully saturated rings. The van der Waals surface area contributed by atoms with Gasteiger partial charge in [0.1, 0.15) is 5.75 Å². The van der Waals surface area contributed by atoms with E-state index in [1.165, 1.54) is 19.3 Å². The predicted molar refractivity (Wildman–Crippen MR) is 101 cm³/mol. The summed E-state index contributed by atoms with van der Waals surface area (Å²) in [6, 6.07) is 9.94. The Morgan fingerprint density at radius 1 is 1.12 bits per heavy atom. The number of rotatable bonds is 10. The minimum Gasteiger partial charge on any atom is -0.493 e. The van der Waals surface area contributed by atoms with Crippen LogP contribution in [0.15, 0.2) is 60.4 Å². The second-order valence-electron chi connectivity index (χ2n) is 6.60. The summed E-state index contributed by atoms with van der Waals surface area (Å²) in [7, 11) is 0. The molecule has 0 saturated heterocycles. The Balaban J connectivity index is 1.65. The Labute approximate surface area is 151 Å². The molecule has 3 heteroatoms. The number of benzene rings is 1. The van der Waals surface area contributed by atoms with Gasteiger partial charge < -0.3 is 14.9 Å². The molecule has 0 amide bonds. The van der Waals surface area contributed by atoms with Crippen molar-refractivity contribution in [3.05, 3.63) is 60.4 Å². The van der Waals surface area contributed by atoms with Gasteiger partial charge in [0.15, 0.2) is 6.29 Å². The fraction of sp³-hybridized carbons (Fsp3) is 0.500. The highest BCUT2D eigenvalue weighted by atomic mass is 16.5. The molecule has 136 valence electrons. The third-order valence-corrected chi connectivity index (χ3v) is 4.62. The van der Waals surface area contributed by atoms with E-state index in [0.717, 1.165) is 25.2 Å². The first-order chi connectivity index (χ1) is 12.3. The van der Waals surface area contributed by atoms with E-state index < -0.39 is 6.29 Å². The Kier molecular flexibility index (Phi) is 9.14. The van der Waals surface area contributed by atoms with Crippen LogP contribution in [0.5, 0.6) is 5.75 Å². The van der Waals surface area contributed by atoms with E-state index in [1.807, 2.05) is 36.4 Å². The lowest BCUT2D eigenvalue weighted by atomic mass is 9.92. The molecular formula is C22H30O3. The van der Waals surface area contributed by atoms with Gasteiger partial charge in [0.25, 0.3) is 0 Å². The Morgan fingerprint density at radius 3 is 2.76 bits per heavy atom. The molecule has 1 aliphatic rings. The van der Waals surface area contributed by atoms with E-state index >= 15 is 0 Å². The predicted octanol–water partition coefficient (Wildman–Crippen LogP) is 4.62. The second kappa shape index (κ2) is 11.7. The van der Waals surface area contributed by atoms with Crippen LogP contribution in [0, 0.1) is 11.8 Å². The molecule has 0 bridgehead atoms. The van der Waals surface area contributed by atoms with E-state index in [4.69, 9.17) is 14.9 Å². The lowest BCUT2D eigenvalue weighted by Gasteiger charge is -2.13. The molecule has 0 heterocycles. The maximum atomic E-state index is 8.78. The van der Waals surface area contributed by atoms with Gasteiger partial charge in [-0.1, -0.05) is 36.8 Å². The lowest BCUT2D eigenvalue weighted by Crippen LogP contribution is -2.04. The summed E-state index contributed by atoms with van der Waals surface area (Å²) in [5.74, 6) is 2.30. The SMILES string of the molecule is OC(O)CCC=C=CC[C@H]1CCC[C@@H]1/C=C/CCOc1ccccc1. The second-order valence-corrected chi connectivity index (χ2v) is 6.60. The molecule has 2 atom stereocenters. The van der Waals surface area contributed by atoms with Crippen LogP contribution in [0.4, 0.5) is 0 Å². The van der Waals surface area contributed by atoms with Gasteiger partial charge in [-0.2, -0.15) is 0 Å². The lowest BCUT2D eigenvalue weighted by molar-refractivity contribution is -0.0442. The van der Waals surface area contributed by atoms with E-state index in [1.54, 1.807) is 0 Å². The summed E-state index contributed by atoms with van der Waals surface area (Å²) in [6.07, 6.45) is 14.3. The maximum Gasteiger partial charge on any atom is 0.151 e. The molecule has 25 heavy (non-hydrogen) atoms. The third-order valence-electron chi connectivity index (χ3n) is 4.62. The molecule has 1 aromatic rings. The topological polar surface area (TPSA) is 49.7 Å². The van der Waals surface area contributed by atoms with Gasteiger partial charge in [-0.3, -0.25) is 0 Å². The molecule has 0 spiro atoms. The minimum absolute atomic E-state index is 0.376. The van der Waals surface area contributed by atoms with Crippen molar-refractivity contribution in [3.63, 3.8) is 0 Å². The summed E-state index contributed by atoms with van der Waals surface area (Å²) < 4.78 is 5.71. The zero-order valence-electron chi connectivity index (χ0n) is 14.9. The van der Waals surface area contributed by atoms with Gasteiger partial charge in [0, 0.05) is 6.42 Å². The summed E-state index contributed by atoms with van der Waals surface area (Å²) in [6.45, 7) is 0.719. The zero-order chi connectivity index (χ0) is 17.7. The first kappa shape index (κ1) is 19.5. The van der Waals surface area contributed by atoms with Crippen molar-refractivity contribution in [2.75, 3.05) is 6.61 Å². The highest BCUT2D eigenvalue weighted by molar-refractivity contribution is 5.20. The molecule has 2 N–H and O–H groups in total. The van der Waals surface area contributed by atoms with Crippen molar-refractivity contribution in [1.29, 1.82) is 0 Å². The van der Waals surface area contributed by atoms with E-state index in [0.29, 0.717) is 24.7 Å². The van der Waals surface area contributed by atoms with Crippen molar-refractivity contribution in [3.8, 4) is 5.75 Å². The molecule has 3 nitrogen and oxygen atoms in total. The van der Waals surface area contributed by atoms with Crippen molar-refractivity contribution < 1.29 is 14.9 Å². The fourth-order valence-corrected chi connectivity index (χ4v) is 3.26. The van der Waals surface area contributed by atoms with Crippen LogP contribution in [-0.4, -0.2) is 23.1 Å². The van der Waals surface area contributed by atoms with E-state index in [9.17, 15) is 0 Å². The van der Waals surface area contributed by atoms with Gasteiger partial charge in [-0.15, -0.1) is 5.73 Å². The first-order valence-electron chi connectivity index (χ1n) is 9.35. The Morgan fingerprint density at radius 2 is 1.96 bits per heavy atom. The summed E-state index contributed by atoms with van der Waals surface area (Å²) in [5.41, 5.74) is 3.17. The van der Waals surface area contributed by atoms with Crippen LogP contribution in [-0.2, 0) is 0 Å². The minimum atomic E-state index is -1.21. The van der Waals surface area contributed by atoms with Crippen molar-refractivity contribution in [1.82, 2.24) is 0 Å². The number of aliphatic hydroxyl groups excluding tert-OH is 1. The quantitative estimate of drug-likeness (QED) is 0.282. The summed E-state index contributed by atoms with van der Waals surface area (Å²) in [5, 5.41) is 17.6. The number of ether oxygens (including phenoxy) is 1. The van der Waals surface area contributed by atoms with Crippen LogP contribution >= 0.6 is 0 Å². The van der Waals surface area contributed by atoms with Crippen LogP contribution < -0.4 is 4.74 Å². The van der Waals surface area contributed by atoms with Crippen molar-refractivity contribution in [2.24, 2.45) is 11.8 Å². The molecule has 0 unspecified atom stereocenters. The van der Waals surface area contributed by atoms with Gasteiger partial charge in [0.05, 0.1) is 6.61 Å². The molecule has 1 aromatic carbocycles. The standard InChI is InChI=1S/C22H30O3/c23-22(24)17-7-2-1-4-11-19-13-10-14-20(19)12-8-9-18-25-21-15-5-3-6-16-21/h2-6,8,12,15-16,19-20,22-24H,7,9-11,13-14,17-18H2/b12-8+/t1?,19-,20-/m0/s1. The fourth-order valence-electron chi connectivity index (χ4n) is 3.26. The van der Waals surface area contributed by atoms with Crippen molar-refractivity contribution in [2.45, 2.75) is 51.2 Å². The number of hydrogen-bond acceptors (Lipinski definition) is 3. The number of hydrogen-bond donors (Lipinski definition) is 2. The van der Waals surface area contributed by atoms with Gasteiger partial charge >= 0.3 is 0 Å². The first-order valence-corrected chi connectivity index (χ1v) is 9.35. The number of allylic oxidation sites excluding steroid dienone is 2. The molecule has 0 aromatic heterocycles. The van der Waals surface area contributed by atoms with Gasteiger partial charge in [-0.05, 0) is 68.2 Å². The number of aliphatic hydroxyl groups is 2. The molecule has 2 rings (SSSR count). The van der Waals surface area contributed by atoms with Crippen LogP contribution in [0.2, 0.25) is 0 Å². The van der Waals surface area contributed by atoms with Crippen LogP contribution in [0.25, 0.3) is 0 Å². The third kappa shape index (κ3) is 8.22. The van der Waals surface area contributed by atoms with Crippen molar-refractivity contribution >= 4 is 0 Å². The number of para-hydroxylation sites is 1. The molecule has 0 radical (unpaired) electrons. The largest absolute Gasteiger partial charge is 0.493 e. The van der Waals surface area contributed by atoms with Crippen LogP contribution in [0.3, 0.4) is 0 Å². The van der Waals surface area contributed by atoms with E-state index in [-0.39, 0.29) is 0 Å².